The minimum Gasteiger partial charge on any atom is -0.313 e. The molecular weight excluding hydrogens is 260 g/mol. The third-order valence-electron chi connectivity index (χ3n) is 4.74. The minimum atomic E-state index is -2.87. The molecule has 1 N–H and O–H groups in total. The van der Waals surface area contributed by atoms with E-state index in [0.29, 0.717) is 12.1 Å². The summed E-state index contributed by atoms with van der Waals surface area (Å²) in [6, 6.07) is 1.07. The fraction of sp³-hybridized carbons (Fsp3) is 1.00. The molecule has 1 saturated carbocycles. The first-order valence-electron chi connectivity index (χ1n) is 7.67. The van der Waals surface area contributed by atoms with Crippen molar-refractivity contribution in [2.45, 2.75) is 62.8 Å². The van der Waals surface area contributed by atoms with Crippen LogP contribution in [0.4, 0.5) is 0 Å². The molecule has 1 heterocycles. The lowest BCUT2D eigenvalue weighted by Crippen LogP contribution is -2.46. The van der Waals surface area contributed by atoms with Crippen molar-refractivity contribution in [1.29, 1.82) is 0 Å². The van der Waals surface area contributed by atoms with Gasteiger partial charge in [-0.2, -0.15) is 0 Å². The van der Waals surface area contributed by atoms with Gasteiger partial charge in [-0.25, -0.2) is 8.42 Å². The average Bonchev–Trinajstić information content (AvgIpc) is 2.88. The zero-order chi connectivity index (χ0) is 13.9. The van der Waals surface area contributed by atoms with E-state index >= 15 is 0 Å². The van der Waals surface area contributed by atoms with Gasteiger partial charge in [0.1, 0.15) is 9.84 Å². The maximum atomic E-state index is 11.8. The van der Waals surface area contributed by atoms with Gasteiger partial charge in [0, 0.05) is 24.9 Å². The van der Waals surface area contributed by atoms with Crippen LogP contribution in [0.25, 0.3) is 0 Å². The van der Waals surface area contributed by atoms with Gasteiger partial charge in [0.2, 0.25) is 0 Å². The molecule has 0 amide bonds. The Morgan fingerprint density at radius 1 is 1.21 bits per heavy atom. The second-order valence-electron chi connectivity index (χ2n) is 6.15. The molecule has 4 nitrogen and oxygen atoms in total. The highest BCUT2D eigenvalue weighted by Gasteiger charge is 2.32. The van der Waals surface area contributed by atoms with Crippen LogP contribution in [0.2, 0.25) is 0 Å². The van der Waals surface area contributed by atoms with Crippen LogP contribution in [0.5, 0.6) is 0 Å². The molecule has 1 aliphatic carbocycles. The van der Waals surface area contributed by atoms with Gasteiger partial charge in [0.05, 0.1) is 5.25 Å². The Labute approximate surface area is 117 Å². The van der Waals surface area contributed by atoms with Crippen LogP contribution < -0.4 is 5.32 Å². The Hall–Kier alpha value is -0.130. The Balaban J connectivity index is 1.93. The predicted molar refractivity (Wildman–Crippen MR) is 79.2 cm³/mol. The minimum absolute atomic E-state index is 0.114. The Bertz CT molecular complexity index is 377. The first-order valence-corrected chi connectivity index (χ1v) is 9.62. The van der Waals surface area contributed by atoms with Crippen molar-refractivity contribution in [3.63, 3.8) is 0 Å². The lowest BCUT2D eigenvalue weighted by molar-refractivity contribution is 0.152. The first kappa shape index (κ1) is 15.3. The summed E-state index contributed by atoms with van der Waals surface area (Å²) in [4.78, 5) is 2.50. The van der Waals surface area contributed by atoms with Gasteiger partial charge in [-0.15, -0.1) is 0 Å². The highest BCUT2D eigenvalue weighted by molar-refractivity contribution is 7.91. The standard InChI is InChI=1S/C14H28N2O2S/c1-3-16(11-12-6-5-9-15-12)13-7-4-8-14(10-13)19(2,17)18/h12-15H,3-11H2,1-2H3. The molecule has 3 unspecified atom stereocenters. The molecule has 2 aliphatic rings. The van der Waals surface area contributed by atoms with E-state index in [4.69, 9.17) is 0 Å². The van der Waals surface area contributed by atoms with Crippen molar-refractivity contribution in [1.82, 2.24) is 10.2 Å². The van der Waals surface area contributed by atoms with Gasteiger partial charge in [-0.05, 0) is 45.2 Å². The Morgan fingerprint density at radius 2 is 2.00 bits per heavy atom. The lowest BCUT2D eigenvalue weighted by atomic mass is 9.93. The smallest absolute Gasteiger partial charge is 0.150 e. The van der Waals surface area contributed by atoms with E-state index in [1.54, 1.807) is 0 Å². The number of nitrogens with zero attached hydrogens (tertiary/aromatic N) is 1. The predicted octanol–water partition coefficient (Wildman–Crippen LogP) is 1.42. The second-order valence-corrected chi connectivity index (χ2v) is 8.48. The number of hydrogen-bond donors (Lipinski definition) is 1. The zero-order valence-electron chi connectivity index (χ0n) is 12.3. The molecule has 0 spiro atoms. The summed E-state index contributed by atoms with van der Waals surface area (Å²) < 4.78 is 23.5. The van der Waals surface area contributed by atoms with Crippen LogP contribution >= 0.6 is 0 Å². The number of hydrogen-bond acceptors (Lipinski definition) is 4. The summed E-state index contributed by atoms with van der Waals surface area (Å²) in [5.41, 5.74) is 0. The molecule has 0 bridgehead atoms. The first-order chi connectivity index (χ1) is 9.00. The van der Waals surface area contributed by atoms with Crippen LogP contribution in [-0.4, -0.2) is 56.5 Å². The van der Waals surface area contributed by atoms with Crippen LogP contribution in [0.15, 0.2) is 0 Å². The molecule has 5 heteroatoms. The summed E-state index contributed by atoms with van der Waals surface area (Å²) in [6.45, 7) is 5.44. The number of nitrogens with one attached hydrogen (secondary N) is 1. The average molecular weight is 288 g/mol. The van der Waals surface area contributed by atoms with E-state index < -0.39 is 9.84 Å². The Morgan fingerprint density at radius 3 is 2.58 bits per heavy atom. The van der Waals surface area contributed by atoms with E-state index in [1.807, 2.05) is 0 Å². The van der Waals surface area contributed by atoms with E-state index in [-0.39, 0.29) is 5.25 Å². The molecule has 2 rings (SSSR count). The van der Waals surface area contributed by atoms with Gasteiger partial charge in [-0.3, -0.25) is 4.90 Å². The van der Waals surface area contributed by atoms with Gasteiger partial charge < -0.3 is 5.32 Å². The fourth-order valence-electron chi connectivity index (χ4n) is 3.57. The van der Waals surface area contributed by atoms with Crippen molar-refractivity contribution >= 4 is 9.84 Å². The van der Waals surface area contributed by atoms with Crippen LogP contribution in [0.3, 0.4) is 0 Å². The normalized spacial score (nSPS) is 32.9. The van der Waals surface area contributed by atoms with Gasteiger partial charge in [0.25, 0.3) is 0 Å². The maximum absolute atomic E-state index is 11.8. The number of rotatable bonds is 5. The lowest BCUT2D eigenvalue weighted by Gasteiger charge is -2.37. The summed E-state index contributed by atoms with van der Waals surface area (Å²) >= 11 is 0. The number of sulfone groups is 1. The fourth-order valence-corrected chi connectivity index (χ4v) is 4.74. The van der Waals surface area contributed by atoms with Gasteiger partial charge in [0.15, 0.2) is 0 Å². The van der Waals surface area contributed by atoms with Crippen molar-refractivity contribution in [3.05, 3.63) is 0 Å². The monoisotopic (exact) mass is 288 g/mol. The largest absolute Gasteiger partial charge is 0.313 e. The van der Waals surface area contributed by atoms with E-state index in [0.717, 1.165) is 45.3 Å². The van der Waals surface area contributed by atoms with Gasteiger partial charge >= 0.3 is 0 Å². The van der Waals surface area contributed by atoms with E-state index in [9.17, 15) is 8.42 Å². The van der Waals surface area contributed by atoms with Crippen LogP contribution in [0.1, 0.15) is 45.4 Å². The summed E-state index contributed by atoms with van der Waals surface area (Å²) in [5.74, 6) is 0. The molecule has 0 aromatic carbocycles. The third kappa shape index (κ3) is 4.17. The third-order valence-corrected chi connectivity index (χ3v) is 6.38. The summed E-state index contributed by atoms with van der Waals surface area (Å²) in [6.07, 6.45) is 7.84. The summed E-state index contributed by atoms with van der Waals surface area (Å²) in [5, 5.41) is 3.43. The van der Waals surface area contributed by atoms with Crippen LogP contribution in [0, 0.1) is 0 Å². The molecule has 3 atom stereocenters. The second kappa shape index (κ2) is 6.55. The van der Waals surface area contributed by atoms with E-state index in [1.165, 1.54) is 19.1 Å². The molecule has 19 heavy (non-hydrogen) atoms. The van der Waals surface area contributed by atoms with E-state index in [2.05, 4.69) is 17.1 Å². The highest BCUT2D eigenvalue weighted by atomic mass is 32.2. The SMILES string of the molecule is CCN(CC1CCCN1)C1CCCC(S(C)(=O)=O)C1. The molecular formula is C14H28N2O2S. The Kier molecular flexibility index (Phi) is 5.26. The summed E-state index contributed by atoms with van der Waals surface area (Å²) in [7, 11) is -2.87. The molecule has 0 radical (unpaired) electrons. The van der Waals surface area contributed by atoms with Crippen molar-refractivity contribution in [2.24, 2.45) is 0 Å². The molecule has 0 aromatic heterocycles. The molecule has 1 aliphatic heterocycles. The van der Waals surface area contributed by atoms with Crippen molar-refractivity contribution in [2.75, 3.05) is 25.9 Å². The molecule has 2 fully saturated rings. The molecule has 112 valence electrons. The highest BCUT2D eigenvalue weighted by Crippen LogP contribution is 2.27. The van der Waals surface area contributed by atoms with Crippen LogP contribution in [-0.2, 0) is 9.84 Å². The molecule has 0 aromatic rings. The van der Waals surface area contributed by atoms with Crippen molar-refractivity contribution in [3.8, 4) is 0 Å². The quantitative estimate of drug-likeness (QED) is 0.831. The topological polar surface area (TPSA) is 49.4 Å². The molecule has 1 saturated heterocycles. The zero-order valence-corrected chi connectivity index (χ0v) is 13.1. The van der Waals surface area contributed by atoms with Gasteiger partial charge in [-0.1, -0.05) is 13.3 Å². The number of likely N-dealkylation sites (N-methyl/N-ethyl adjacent to an activating group) is 1. The maximum Gasteiger partial charge on any atom is 0.150 e. The van der Waals surface area contributed by atoms with Crippen molar-refractivity contribution < 1.29 is 8.42 Å².